The first kappa shape index (κ1) is 18.3. The Bertz CT molecular complexity index is 710. The van der Waals surface area contributed by atoms with Gasteiger partial charge in [0.1, 0.15) is 18.1 Å². The van der Waals surface area contributed by atoms with Crippen molar-refractivity contribution in [1.82, 2.24) is 0 Å². The minimum absolute atomic E-state index is 0.257. The molecule has 0 N–H and O–H groups in total. The lowest BCUT2D eigenvalue weighted by Gasteiger charge is -2.15. The van der Waals surface area contributed by atoms with Crippen LogP contribution in [0.3, 0.4) is 0 Å². The molecule has 0 saturated carbocycles. The van der Waals surface area contributed by atoms with Crippen LogP contribution in [0.25, 0.3) is 0 Å². The summed E-state index contributed by atoms with van der Waals surface area (Å²) in [5.41, 5.74) is 3.08. The second-order valence-electron chi connectivity index (χ2n) is 5.48. The van der Waals surface area contributed by atoms with Crippen molar-refractivity contribution < 1.29 is 14.3 Å². The summed E-state index contributed by atoms with van der Waals surface area (Å²) < 4.78 is 11.3. The molecule has 0 heterocycles. The zero-order valence-corrected chi connectivity index (χ0v) is 15.2. The van der Waals surface area contributed by atoms with E-state index in [1.165, 1.54) is 0 Å². The first-order valence-electron chi connectivity index (χ1n) is 8.31. The molecule has 0 amide bonds. The number of benzene rings is 2. The average molecular weight is 347 g/mol. The normalized spacial score (nSPS) is 10.5. The summed E-state index contributed by atoms with van der Waals surface area (Å²) in [4.78, 5) is 11.5. The fraction of sp³-hybridized carbons (Fsp3) is 0.350. The maximum absolute atomic E-state index is 11.5. The molecule has 2 aromatic carbocycles. The first-order valence-corrected chi connectivity index (χ1v) is 8.69. The molecule has 24 heavy (non-hydrogen) atoms. The van der Waals surface area contributed by atoms with Crippen LogP contribution in [0, 0.1) is 0 Å². The second kappa shape index (κ2) is 8.74. The van der Waals surface area contributed by atoms with E-state index < -0.39 is 0 Å². The highest BCUT2D eigenvalue weighted by molar-refractivity contribution is 6.31. The fourth-order valence-electron chi connectivity index (χ4n) is 2.41. The van der Waals surface area contributed by atoms with E-state index in [2.05, 4.69) is 19.9 Å². The van der Waals surface area contributed by atoms with E-state index >= 15 is 0 Å². The highest BCUT2D eigenvalue weighted by Gasteiger charge is 2.11. The highest BCUT2D eigenvalue weighted by atomic mass is 35.5. The summed E-state index contributed by atoms with van der Waals surface area (Å²) in [5.74, 6) is 1.06. The Labute approximate surface area is 148 Å². The van der Waals surface area contributed by atoms with Gasteiger partial charge in [0, 0.05) is 17.0 Å². The molecule has 128 valence electrons. The van der Waals surface area contributed by atoms with Crippen LogP contribution in [-0.2, 0) is 24.2 Å². The van der Waals surface area contributed by atoms with Crippen molar-refractivity contribution in [2.45, 2.75) is 46.6 Å². The SMILES string of the molecule is CCC(=O)Oc1ccccc1COc1cc(Cl)c(CC)cc1CC. The van der Waals surface area contributed by atoms with Gasteiger partial charge in [-0.25, -0.2) is 0 Å². The Morgan fingerprint density at radius 1 is 0.958 bits per heavy atom. The molecule has 0 fully saturated rings. The van der Waals surface area contributed by atoms with Crippen LogP contribution < -0.4 is 9.47 Å². The van der Waals surface area contributed by atoms with E-state index in [0.29, 0.717) is 18.8 Å². The topological polar surface area (TPSA) is 35.5 Å². The van der Waals surface area contributed by atoms with Crippen LogP contribution in [0.15, 0.2) is 36.4 Å². The summed E-state index contributed by atoms with van der Waals surface area (Å²) in [6, 6.07) is 11.4. The number of hydrogen-bond acceptors (Lipinski definition) is 3. The zero-order chi connectivity index (χ0) is 17.5. The lowest BCUT2D eigenvalue weighted by atomic mass is 10.1. The van der Waals surface area contributed by atoms with E-state index in [4.69, 9.17) is 21.1 Å². The molecular formula is C20H23ClO3. The molecule has 0 bridgehead atoms. The Morgan fingerprint density at radius 2 is 1.67 bits per heavy atom. The maximum Gasteiger partial charge on any atom is 0.310 e. The molecule has 0 aromatic heterocycles. The monoisotopic (exact) mass is 346 g/mol. The van der Waals surface area contributed by atoms with E-state index in [-0.39, 0.29) is 5.97 Å². The van der Waals surface area contributed by atoms with Gasteiger partial charge in [-0.3, -0.25) is 4.79 Å². The van der Waals surface area contributed by atoms with Crippen molar-refractivity contribution in [3.05, 3.63) is 58.1 Å². The van der Waals surface area contributed by atoms with Crippen LogP contribution in [0.5, 0.6) is 11.5 Å². The van der Waals surface area contributed by atoms with E-state index in [0.717, 1.165) is 40.3 Å². The second-order valence-corrected chi connectivity index (χ2v) is 5.89. The minimum Gasteiger partial charge on any atom is -0.488 e. The van der Waals surface area contributed by atoms with Crippen LogP contribution in [0.4, 0.5) is 0 Å². The summed E-state index contributed by atoms with van der Waals surface area (Å²) in [6.45, 7) is 6.26. The average Bonchev–Trinajstić information content (AvgIpc) is 2.60. The van der Waals surface area contributed by atoms with E-state index in [1.807, 2.05) is 24.3 Å². The smallest absolute Gasteiger partial charge is 0.310 e. The van der Waals surface area contributed by atoms with E-state index in [1.54, 1.807) is 13.0 Å². The van der Waals surface area contributed by atoms with Gasteiger partial charge >= 0.3 is 5.97 Å². The van der Waals surface area contributed by atoms with Gasteiger partial charge in [-0.2, -0.15) is 0 Å². The van der Waals surface area contributed by atoms with Crippen LogP contribution >= 0.6 is 11.6 Å². The third-order valence-corrected chi connectivity index (χ3v) is 4.21. The van der Waals surface area contributed by atoms with Crippen LogP contribution in [0.2, 0.25) is 5.02 Å². The standard InChI is InChI=1S/C20H23ClO3/c1-4-14-11-15(5-2)19(12-17(14)21)23-13-16-9-7-8-10-18(16)24-20(22)6-3/h7-12H,4-6,13H2,1-3H3. The van der Waals surface area contributed by atoms with Crippen LogP contribution in [-0.4, -0.2) is 5.97 Å². The van der Waals surface area contributed by atoms with Crippen molar-refractivity contribution >= 4 is 17.6 Å². The number of aryl methyl sites for hydroxylation is 2. The van der Waals surface area contributed by atoms with Crippen molar-refractivity contribution in [2.24, 2.45) is 0 Å². The first-order chi connectivity index (χ1) is 11.6. The number of rotatable bonds is 7. The lowest BCUT2D eigenvalue weighted by molar-refractivity contribution is -0.134. The molecule has 0 spiro atoms. The largest absolute Gasteiger partial charge is 0.488 e. The van der Waals surface area contributed by atoms with Gasteiger partial charge in [-0.1, -0.05) is 56.6 Å². The van der Waals surface area contributed by atoms with Gasteiger partial charge in [0.15, 0.2) is 0 Å². The van der Waals surface area contributed by atoms with Gasteiger partial charge in [0.25, 0.3) is 0 Å². The Balaban J connectivity index is 2.19. The van der Waals surface area contributed by atoms with Crippen molar-refractivity contribution in [2.75, 3.05) is 0 Å². The molecule has 2 rings (SSSR count). The number of para-hydroxylation sites is 1. The quantitative estimate of drug-likeness (QED) is 0.500. The van der Waals surface area contributed by atoms with Crippen LogP contribution in [0.1, 0.15) is 43.9 Å². The van der Waals surface area contributed by atoms with Crippen molar-refractivity contribution in [3.63, 3.8) is 0 Å². The number of halogens is 1. The molecule has 0 aliphatic rings. The Morgan fingerprint density at radius 3 is 2.33 bits per heavy atom. The molecular weight excluding hydrogens is 324 g/mol. The molecule has 4 heteroatoms. The molecule has 3 nitrogen and oxygen atoms in total. The molecule has 0 saturated heterocycles. The molecule has 2 aromatic rings. The van der Waals surface area contributed by atoms with E-state index in [9.17, 15) is 4.79 Å². The number of ether oxygens (including phenoxy) is 2. The number of carbonyl (C=O) groups excluding carboxylic acids is 1. The third-order valence-electron chi connectivity index (χ3n) is 3.86. The summed E-state index contributed by atoms with van der Waals surface area (Å²) in [6.07, 6.45) is 2.09. The van der Waals surface area contributed by atoms with Gasteiger partial charge in [-0.15, -0.1) is 0 Å². The predicted molar refractivity (Wildman–Crippen MR) is 96.9 cm³/mol. The number of esters is 1. The molecule has 0 atom stereocenters. The molecule has 0 aliphatic carbocycles. The number of hydrogen-bond donors (Lipinski definition) is 0. The molecule has 0 aliphatic heterocycles. The summed E-state index contributed by atoms with van der Waals surface area (Å²) in [5, 5.41) is 0.718. The molecule has 0 radical (unpaired) electrons. The summed E-state index contributed by atoms with van der Waals surface area (Å²) in [7, 11) is 0. The third kappa shape index (κ3) is 4.51. The van der Waals surface area contributed by atoms with Crippen molar-refractivity contribution in [3.8, 4) is 11.5 Å². The zero-order valence-electron chi connectivity index (χ0n) is 14.4. The number of carbonyl (C=O) groups is 1. The Kier molecular flexibility index (Phi) is 6.68. The van der Waals surface area contributed by atoms with Gasteiger partial charge < -0.3 is 9.47 Å². The Hall–Kier alpha value is -2.00. The summed E-state index contributed by atoms with van der Waals surface area (Å²) >= 11 is 6.31. The molecule has 0 unspecified atom stereocenters. The van der Waals surface area contributed by atoms with Gasteiger partial charge in [0.2, 0.25) is 0 Å². The maximum atomic E-state index is 11.5. The predicted octanol–water partition coefficient (Wildman–Crippen LogP) is 5.36. The fourth-order valence-corrected chi connectivity index (χ4v) is 2.69. The van der Waals surface area contributed by atoms with Gasteiger partial charge in [-0.05, 0) is 36.1 Å². The van der Waals surface area contributed by atoms with Crippen molar-refractivity contribution in [1.29, 1.82) is 0 Å². The minimum atomic E-state index is -0.257. The highest BCUT2D eigenvalue weighted by Crippen LogP contribution is 2.30. The lowest BCUT2D eigenvalue weighted by Crippen LogP contribution is -2.08. The van der Waals surface area contributed by atoms with Gasteiger partial charge in [0.05, 0.1) is 0 Å².